The summed E-state index contributed by atoms with van der Waals surface area (Å²) in [6.07, 6.45) is -1.62. The summed E-state index contributed by atoms with van der Waals surface area (Å²) < 4.78 is 37.1. The van der Waals surface area contributed by atoms with Gasteiger partial charge in [-0.15, -0.1) is 0 Å². The van der Waals surface area contributed by atoms with Crippen LogP contribution in [0, 0.1) is 0 Å². The van der Waals surface area contributed by atoms with Gasteiger partial charge in [-0.3, -0.25) is 9.82 Å². The Kier molecular flexibility index (Phi) is 4.05. The highest BCUT2D eigenvalue weighted by molar-refractivity contribution is 5.07. The average Bonchev–Trinajstić information content (AvgIpc) is 2.17. The Balaban J connectivity index is 2.67. The first kappa shape index (κ1) is 11.9. The van der Waals surface area contributed by atoms with Gasteiger partial charge >= 0.3 is 6.30 Å². The zero-order chi connectivity index (χ0) is 11.3. The van der Waals surface area contributed by atoms with Gasteiger partial charge in [-0.2, -0.15) is 13.2 Å². The minimum absolute atomic E-state index is 0.00991. The SMILES string of the molecule is CCON(Cc1cccnc1)C(F)(F)F. The first-order valence-electron chi connectivity index (χ1n) is 4.40. The van der Waals surface area contributed by atoms with Crippen LogP contribution < -0.4 is 0 Å². The van der Waals surface area contributed by atoms with Crippen LogP contribution in [-0.2, 0) is 11.4 Å². The standard InChI is InChI=1S/C9H11F3N2O/c1-2-15-14(9(10,11)12)7-8-4-3-5-13-6-8/h3-6H,2,7H2,1H3. The van der Waals surface area contributed by atoms with Gasteiger partial charge in [0.25, 0.3) is 0 Å². The molecule has 0 unspecified atom stereocenters. The van der Waals surface area contributed by atoms with Crippen molar-refractivity contribution in [3.8, 4) is 0 Å². The molecule has 0 aromatic carbocycles. The third-order valence-corrected chi connectivity index (χ3v) is 1.62. The second kappa shape index (κ2) is 5.09. The maximum absolute atomic E-state index is 12.4. The number of hydrogen-bond donors (Lipinski definition) is 0. The number of alkyl halides is 3. The Bertz CT molecular complexity index is 289. The summed E-state index contributed by atoms with van der Waals surface area (Å²) in [5.74, 6) is 0. The summed E-state index contributed by atoms with van der Waals surface area (Å²) in [6.45, 7) is 1.12. The molecule has 0 aliphatic carbocycles. The molecule has 0 aliphatic rings. The molecule has 1 aromatic heterocycles. The molecule has 0 N–H and O–H groups in total. The zero-order valence-corrected chi connectivity index (χ0v) is 8.16. The van der Waals surface area contributed by atoms with Gasteiger partial charge in [0.2, 0.25) is 0 Å². The average molecular weight is 220 g/mol. The maximum Gasteiger partial charge on any atom is 0.483 e. The van der Waals surface area contributed by atoms with Crippen molar-refractivity contribution in [2.45, 2.75) is 19.8 Å². The van der Waals surface area contributed by atoms with Crippen LogP contribution in [0.15, 0.2) is 24.5 Å². The lowest BCUT2D eigenvalue weighted by molar-refractivity contribution is -0.375. The van der Waals surface area contributed by atoms with Crippen molar-refractivity contribution in [3.63, 3.8) is 0 Å². The van der Waals surface area contributed by atoms with Crippen LogP contribution in [0.1, 0.15) is 12.5 Å². The Labute approximate surface area is 85.4 Å². The number of rotatable bonds is 4. The number of hydroxylamine groups is 2. The number of nitrogens with zero attached hydrogens (tertiary/aromatic N) is 2. The second-order valence-electron chi connectivity index (χ2n) is 2.78. The first-order chi connectivity index (χ1) is 7.04. The molecule has 0 radical (unpaired) electrons. The molecule has 0 bridgehead atoms. The van der Waals surface area contributed by atoms with Crippen molar-refractivity contribution >= 4 is 0 Å². The van der Waals surface area contributed by atoms with E-state index < -0.39 is 6.30 Å². The van der Waals surface area contributed by atoms with E-state index in [1.54, 1.807) is 12.1 Å². The Morgan fingerprint density at radius 2 is 2.20 bits per heavy atom. The fourth-order valence-electron chi connectivity index (χ4n) is 1.02. The van der Waals surface area contributed by atoms with Crippen molar-refractivity contribution in [2.75, 3.05) is 6.61 Å². The Hall–Kier alpha value is -1.14. The normalized spacial score (nSPS) is 12.1. The van der Waals surface area contributed by atoms with E-state index in [9.17, 15) is 13.2 Å². The summed E-state index contributed by atoms with van der Waals surface area (Å²) in [7, 11) is 0. The summed E-state index contributed by atoms with van der Waals surface area (Å²) in [5, 5.41) is -0.00991. The predicted octanol–water partition coefficient (Wildman–Crippen LogP) is 2.35. The highest BCUT2D eigenvalue weighted by Crippen LogP contribution is 2.23. The van der Waals surface area contributed by atoms with Crippen molar-refractivity contribution in [3.05, 3.63) is 30.1 Å². The zero-order valence-electron chi connectivity index (χ0n) is 8.16. The number of hydrogen-bond acceptors (Lipinski definition) is 3. The van der Waals surface area contributed by atoms with Crippen molar-refractivity contribution in [1.82, 2.24) is 10.0 Å². The molecule has 1 rings (SSSR count). The molecular weight excluding hydrogens is 209 g/mol. The summed E-state index contributed by atoms with van der Waals surface area (Å²) in [4.78, 5) is 8.22. The lowest BCUT2D eigenvalue weighted by Crippen LogP contribution is -2.37. The van der Waals surface area contributed by atoms with Gasteiger partial charge in [0.1, 0.15) is 0 Å². The van der Waals surface area contributed by atoms with Crippen LogP contribution in [0.2, 0.25) is 0 Å². The van der Waals surface area contributed by atoms with E-state index >= 15 is 0 Å². The molecule has 0 saturated carbocycles. The van der Waals surface area contributed by atoms with E-state index in [2.05, 4.69) is 9.82 Å². The van der Waals surface area contributed by atoms with Gasteiger partial charge in [-0.1, -0.05) is 11.1 Å². The summed E-state index contributed by atoms with van der Waals surface area (Å²) in [6, 6.07) is 3.14. The largest absolute Gasteiger partial charge is 0.483 e. The quantitative estimate of drug-likeness (QED) is 0.575. The van der Waals surface area contributed by atoms with E-state index in [0.29, 0.717) is 5.56 Å². The molecule has 0 atom stereocenters. The van der Waals surface area contributed by atoms with Crippen molar-refractivity contribution in [1.29, 1.82) is 0 Å². The third-order valence-electron chi connectivity index (χ3n) is 1.62. The number of halogens is 3. The van der Waals surface area contributed by atoms with Crippen LogP contribution in [0.5, 0.6) is 0 Å². The minimum Gasteiger partial charge on any atom is -0.291 e. The first-order valence-corrected chi connectivity index (χ1v) is 4.40. The van der Waals surface area contributed by atoms with Gasteiger partial charge in [-0.25, -0.2) is 0 Å². The van der Waals surface area contributed by atoms with Crippen LogP contribution >= 0.6 is 0 Å². The van der Waals surface area contributed by atoms with E-state index in [0.717, 1.165) is 0 Å². The number of pyridine rings is 1. The summed E-state index contributed by atoms with van der Waals surface area (Å²) >= 11 is 0. The molecule has 0 aliphatic heterocycles. The molecule has 1 aromatic rings. The molecule has 0 fully saturated rings. The lowest BCUT2D eigenvalue weighted by atomic mass is 10.3. The van der Waals surface area contributed by atoms with Gasteiger partial charge in [0, 0.05) is 12.4 Å². The highest BCUT2D eigenvalue weighted by atomic mass is 19.4. The molecule has 6 heteroatoms. The molecular formula is C9H11F3N2O. The lowest BCUT2D eigenvalue weighted by Gasteiger charge is -2.23. The summed E-state index contributed by atoms with van der Waals surface area (Å²) in [5.41, 5.74) is 0.447. The van der Waals surface area contributed by atoms with Gasteiger partial charge in [-0.05, 0) is 18.6 Å². The van der Waals surface area contributed by atoms with Gasteiger partial charge < -0.3 is 0 Å². The van der Waals surface area contributed by atoms with Crippen molar-refractivity contribution in [2.24, 2.45) is 0 Å². The molecule has 0 saturated heterocycles. The maximum atomic E-state index is 12.4. The van der Waals surface area contributed by atoms with Crippen LogP contribution in [0.3, 0.4) is 0 Å². The fourth-order valence-corrected chi connectivity index (χ4v) is 1.02. The van der Waals surface area contributed by atoms with Gasteiger partial charge in [0.15, 0.2) is 0 Å². The van der Waals surface area contributed by atoms with Gasteiger partial charge in [0.05, 0.1) is 13.2 Å². The smallest absolute Gasteiger partial charge is 0.291 e. The van der Waals surface area contributed by atoms with E-state index in [1.165, 1.54) is 19.3 Å². The minimum atomic E-state index is -4.49. The molecule has 15 heavy (non-hydrogen) atoms. The van der Waals surface area contributed by atoms with E-state index in [1.807, 2.05) is 0 Å². The Morgan fingerprint density at radius 1 is 1.47 bits per heavy atom. The fraction of sp³-hybridized carbons (Fsp3) is 0.444. The molecule has 84 valence electrons. The number of aromatic nitrogens is 1. The molecule has 3 nitrogen and oxygen atoms in total. The van der Waals surface area contributed by atoms with Crippen molar-refractivity contribution < 1.29 is 18.0 Å². The van der Waals surface area contributed by atoms with E-state index in [-0.39, 0.29) is 18.2 Å². The molecule has 1 heterocycles. The third kappa shape index (κ3) is 3.85. The molecule has 0 amide bonds. The van der Waals surface area contributed by atoms with Crippen LogP contribution in [-0.4, -0.2) is 23.0 Å². The van der Waals surface area contributed by atoms with Crippen LogP contribution in [0.25, 0.3) is 0 Å². The second-order valence-corrected chi connectivity index (χ2v) is 2.78. The highest BCUT2D eigenvalue weighted by Gasteiger charge is 2.38. The Morgan fingerprint density at radius 3 is 2.67 bits per heavy atom. The monoisotopic (exact) mass is 220 g/mol. The van der Waals surface area contributed by atoms with Crippen LogP contribution in [0.4, 0.5) is 13.2 Å². The predicted molar refractivity (Wildman–Crippen MR) is 47.5 cm³/mol. The van der Waals surface area contributed by atoms with E-state index in [4.69, 9.17) is 0 Å². The molecule has 0 spiro atoms. The topological polar surface area (TPSA) is 25.4 Å².